The van der Waals surface area contributed by atoms with Gasteiger partial charge in [0.2, 0.25) is 0 Å². The summed E-state index contributed by atoms with van der Waals surface area (Å²) in [7, 11) is 0. The molecule has 1 aromatic carbocycles. The van der Waals surface area contributed by atoms with Crippen molar-refractivity contribution in [1.29, 1.82) is 0 Å². The monoisotopic (exact) mass is 277 g/mol. The van der Waals surface area contributed by atoms with Crippen molar-refractivity contribution in [3.63, 3.8) is 0 Å². The summed E-state index contributed by atoms with van der Waals surface area (Å²) in [5.41, 5.74) is 0. The van der Waals surface area contributed by atoms with Gasteiger partial charge < -0.3 is 14.7 Å². The first-order chi connectivity index (χ1) is 9.67. The molecule has 4 heteroatoms. The molecule has 1 N–H and O–H groups in total. The van der Waals surface area contributed by atoms with Gasteiger partial charge in [0.25, 0.3) is 5.91 Å². The fraction of sp³-hybridized carbons (Fsp3) is 0.562. The van der Waals surface area contributed by atoms with E-state index in [-0.39, 0.29) is 18.6 Å². The number of hydrogen-bond donors (Lipinski definition) is 1. The number of para-hydroxylation sites is 1. The molecule has 4 nitrogen and oxygen atoms in total. The molecule has 0 aromatic heterocycles. The molecule has 3 unspecified atom stereocenters. The summed E-state index contributed by atoms with van der Waals surface area (Å²) in [5.74, 6) is 1.04. The van der Waals surface area contributed by atoms with E-state index in [4.69, 9.17) is 4.74 Å². The summed E-state index contributed by atoms with van der Waals surface area (Å²) >= 11 is 0. The van der Waals surface area contributed by atoms with E-state index in [9.17, 15) is 9.90 Å². The van der Waals surface area contributed by atoms with E-state index >= 15 is 0 Å². The number of amides is 1. The maximum Gasteiger partial charge on any atom is 0.263 e. The predicted molar refractivity (Wildman–Crippen MR) is 77.5 cm³/mol. The second-order valence-electron chi connectivity index (χ2n) is 5.38. The van der Waals surface area contributed by atoms with E-state index in [1.165, 1.54) is 0 Å². The minimum absolute atomic E-state index is 0.0141. The molecule has 1 amide bonds. The molecule has 1 aliphatic rings. The molecule has 1 aromatic rings. The van der Waals surface area contributed by atoms with Crippen molar-refractivity contribution in [2.75, 3.05) is 13.2 Å². The van der Waals surface area contributed by atoms with Crippen LogP contribution < -0.4 is 4.74 Å². The van der Waals surface area contributed by atoms with Crippen LogP contribution in [0.25, 0.3) is 0 Å². The quantitative estimate of drug-likeness (QED) is 0.896. The van der Waals surface area contributed by atoms with Gasteiger partial charge in [0.15, 0.2) is 6.10 Å². The minimum atomic E-state index is -0.475. The topological polar surface area (TPSA) is 49.8 Å². The molecule has 110 valence electrons. The number of ether oxygens (including phenoxy) is 1. The number of carbonyl (C=O) groups excluding carboxylic acids is 1. The third-order valence-electron chi connectivity index (χ3n) is 4.02. The van der Waals surface area contributed by atoms with E-state index < -0.39 is 6.10 Å². The first-order valence-electron chi connectivity index (χ1n) is 7.30. The maximum absolute atomic E-state index is 12.6. The van der Waals surface area contributed by atoms with Crippen LogP contribution in [0.5, 0.6) is 5.75 Å². The van der Waals surface area contributed by atoms with Gasteiger partial charge in [-0.05, 0) is 30.9 Å². The third-order valence-corrected chi connectivity index (χ3v) is 4.02. The summed E-state index contributed by atoms with van der Waals surface area (Å²) in [6.07, 6.45) is 1.09. The zero-order valence-electron chi connectivity index (χ0n) is 12.2. The lowest BCUT2D eigenvalue weighted by atomic mass is 10.0. The van der Waals surface area contributed by atoms with Crippen molar-refractivity contribution in [1.82, 2.24) is 4.90 Å². The van der Waals surface area contributed by atoms with Gasteiger partial charge in [0, 0.05) is 6.54 Å². The zero-order valence-corrected chi connectivity index (χ0v) is 12.2. The van der Waals surface area contributed by atoms with E-state index in [0.717, 1.165) is 6.42 Å². The lowest BCUT2D eigenvalue weighted by Gasteiger charge is -2.29. The maximum atomic E-state index is 12.6. The Labute approximate surface area is 120 Å². The molecule has 20 heavy (non-hydrogen) atoms. The van der Waals surface area contributed by atoms with Crippen LogP contribution in [0.4, 0.5) is 0 Å². The Morgan fingerprint density at radius 2 is 2.15 bits per heavy atom. The SMILES string of the molecule is CCC(Oc1ccccc1)C(=O)N1CCC(C)C1CO. The summed E-state index contributed by atoms with van der Waals surface area (Å²) < 4.78 is 5.79. The summed E-state index contributed by atoms with van der Waals surface area (Å²) in [5, 5.41) is 9.47. The van der Waals surface area contributed by atoms with Crippen LogP contribution in [0.3, 0.4) is 0 Å². The molecule has 0 bridgehead atoms. The van der Waals surface area contributed by atoms with Gasteiger partial charge >= 0.3 is 0 Å². The molecule has 0 saturated carbocycles. The highest BCUT2D eigenvalue weighted by atomic mass is 16.5. The highest BCUT2D eigenvalue weighted by Gasteiger charge is 2.37. The molecule has 3 atom stereocenters. The van der Waals surface area contributed by atoms with Gasteiger partial charge in [-0.15, -0.1) is 0 Å². The minimum Gasteiger partial charge on any atom is -0.481 e. The van der Waals surface area contributed by atoms with Crippen molar-refractivity contribution in [2.24, 2.45) is 5.92 Å². The lowest BCUT2D eigenvalue weighted by Crippen LogP contribution is -2.46. The largest absolute Gasteiger partial charge is 0.481 e. The van der Waals surface area contributed by atoms with Gasteiger partial charge in [0.1, 0.15) is 5.75 Å². The van der Waals surface area contributed by atoms with Crippen LogP contribution in [0, 0.1) is 5.92 Å². The molecule has 1 saturated heterocycles. The van der Waals surface area contributed by atoms with Crippen LogP contribution in [0.15, 0.2) is 30.3 Å². The van der Waals surface area contributed by atoms with Crippen molar-refractivity contribution in [2.45, 2.75) is 38.8 Å². The Morgan fingerprint density at radius 3 is 2.75 bits per heavy atom. The average Bonchev–Trinajstić information content (AvgIpc) is 2.86. The van der Waals surface area contributed by atoms with Crippen molar-refractivity contribution >= 4 is 5.91 Å². The van der Waals surface area contributed by atoms with Crippen molar-refractivity contribution in [3.8, 4) is 5.75 Å². The Hall–Kier alpha value is -1.55. The summed E-state index contributed by atoms with van der Waals surface area (Å²) in [4.78, 5) is 14.4. The predicted octanol–water partition coefficient (Wildman–Crippen LogP) is 2.07. The number of nitrogens with zero attached hydrogens (tertiary/aromatic N) is 1. The number of rotatable bonds is 5. The molecular weight excluding hydrogens is 254 g/mol. The Balaban J connectivity index is 2.06. The fourth-order valence-corrected chi connectivity index (χ4v) is 2.72. The van der Waals surface area contributed by atoms with Gasteiger partial charge in [0.05, 0.1) is 12.6 Å². The molecule has 1 heterocycles. The molecule has 0 aliphatic carbocycles. The van der Waals surface area contributed by atoms with Crippen LogP contribution in [-0.2, 0) is 4.79 Å². The normalized spacial score (nSPS) is 23.6. The van der Waals surface area contributed by atoms with Crippen LogP contribution in [-0.4, -0.2) is 41.2 Å². The second kappa shape index (κ2) is 6.75. The number of carbonyl (C=O) groups is 1. The molecular formula is C16H23NO3. The standard InChI is InChI=1S/C16H23NO3/c1-3-15(20-13-7-5-4-6-8-13)16(19)17-10-9-12(2)14(17)11-18/h4-8,12,14-15,18H,3,9-11H2,1-2H3. The van der Waals surface area contributed by atoms with Crippen molar-refractivity contribution < 1.29 is 14.6 Å². The Bertz CT molecular complexity index is 435. The summed E-state index contributed by atoms with van der Waals surface area (Å²) in [6, 6.07) is 9.33. The van der Waals surface area contributed by atoms with E-state index in [2.05, 4.69) is 6.92 Å². The molecule has 0 radical (unpaired) electrons. The Kier molecular flexibility index (Phi) is 5.01. The fourth-order valence-electron chi connectivity index (χ4n) is 2.72. The van der Waals surface area contributed by atoms with E-state index in [1.54, 1.807) is 4.90 Å². The van der Waals surface area contributed by atoms with Gasteiger partial charge in [-0.1, -0.05) is 32.0 Å². The molecule has 1 fully saturated rings. The highest BCUT2D eigenvalue weighted by molar-refractivity contribution is 5.82. The van der Waals surface area contributed by atoms with Crippen LogP contribution >= 0.6 is 0 Å². The van der Waals surface area contributed by atoms with E-state index in [1.807, 2.05) is 37.3 Å². The smallest absolute Gasteiger partial charge is 0.263 e. The number of likely N-dealkylation sites (tertiary alicyclic amines) is 1. The second-order valence-corrected chi connectivity index (χ2v) is 5.38. The third kappa shape index (κ3) is 3.12. The first kappa shape index (κ1) is 14.9. The summed E-state index contributed by atoms with van der Waals surface area (Å²) in [6.45, 7) is 4.75. The highest BCUT2D eigenvalue weighted by Crippen LogP contribution is 2.25. The van der Waals surface area contributed by atoms with Crippen molar-refractivity contribution in [3.05, 3.63) is 30.3 Å². The van der Waals surface area contributed by atoms with Gasteiger partial charge in [-0.25, -0.2) is 0 Å². The zero-order chi connectivity index (χ0) is 14.5. The molecule has 1 aliphatic heterocycles. The van der Waals surface area contributed by atoms with Gasteiger partial charge in [-0.2, -0.15) is 0 Å². The number of hydrogen-bond acceptors (Lipinski definition) is 3. The average molecular weight is 277 g/mol. The first-order valence-corrected chi connectivity index (χ1v) is 7.30. The van der Waals surface area contributed by atoms with E-state index in [0.29, 0.717) is 24.6 Å². The number of aliphatic hydroxyl groups is 1. The molecule has 0 spiro atoms. The number of aliphatic hydroxyl groups excluding tert-OH is 1. The molecule has 2 rings (SSSR count). The van der Waals surface area contributed by atoms with Crippen LogP contribution in [0.2, 0.25) is 0 Å². The lowest BCUT2D eigenvalue weighted by molar-refractivity contribution is -0.140. The van der Waals surface area contributed by atoms with Crippen LogP contribution in [0.1, 0.15) is 26.7 Å². The Morgan fingerprint density at radius 1 is 1.45 bits per heavy atom. The van der Waals surface area contributed by atoms with Gasteiger partial charge in [-0.3, -0.25) is 4.79 Å². The number of benzene rings is 1.